The molecule has 1 N–H and O–H groups in total. The van der Waals surface area contributed by atoms with Crippen molar-refractivity contribution in [2.24, 2.45) is 0 Å². The molecule has 154 valence electrons. The van der Waals surface area contributed by atoms with Gasteiger partial charge in [0, 0.05) is 21.9 Å². The number of hydrogen-bond donors (Lipinski definition) is 1. The molecule has 1 heterocycles. The molecule has 1 amide bonds. The third-order valence-electron chi connectivity index (χ3n) is 4.99. The van der Waals surface area contributed by atoms with Gasteiger partial charge in [-0.3, -0.25) is 4.79 Å². The van der Waals surface area contributed by atoms with E-state index in [0.29, 0.717) is 29.3 Å². The van der Waals surface area contributed by atoms with Crippen LogP contribution in [-0.2, 0) is 22.4 Å². The molecule has 0 fully saturated rings. The summed E-state index contributed by atoms with van der Waals surface area (Å²) in [6.07, 6.45) is 2.03. The molecule has 3 aromatic rings. The van der Waals surface area contributed by atoms with Crippen molar-refractivity contribution in [1.29, 1.82) is 0 Å². The predicted molar refractivity (Wildman–Crippen MR) is 124 cm³/mol. The van der Waals surface area contributed by atoms with Gasteiger partial charge in [-0.05, 0) is 48.6 Å². The SMILES string of the molecule is CCOC(=O)c1c(NC(=O)CCSc2ccccc2)sc2c1CCc1ccccc1-2. The fourth-order valence-electron chi connectivity index (χ4n) is 3.62. The molecule has 0 bridgehead atoms. The number of anilines is 1. The summed E-state index contributed by atoms with van der Waals surface area (Å²) in [7, 11) is 0. The minimum atomic E-state index is -0.358. The molecule has 1 aliphatic carbocycles. The van der Waals surface area contributed by atoms with Gasteiger partial charge in [-0.1, -0.05) is 42.5 Å². The van der Waals surface area contributed by atoms with Gasteiger partial charge in [-0.25, -0.2) is 4.79 Å². The Hall–Kier alpha value is -2.57. The van der Waals surface area contributed by atoms with Gasteiger partial charge in [0.1, 0.15) is 5.00 Å². The van der Waals surface area contributed by atoms with E-state index in [2.05, 4.69) is 17.4 Å². The molecule has 0 unspecified atom stereocenters. The fourth-order valence-corrected chi connectivity index (χ4v) is 5.80. The maximum Gasteiger partial charge on any atom is 0.341 e. The van der Waals surface area contributed by atoms with Crippen LogP contribution in [0.15, 0.2) is 59.5 Å². The monoisotopic (exact) mass is 437 g/mol. The molecule has 1 aliphatic rings. The van der Waals surface area contributed by atoms with Crippen LogP contribution in [0.3, 0.4) is 0 Å². The standard InChI is InChI=1S/C24H23NO3S2/c1-2-28-24(27)21-19-13-12-16-8-6-7-11-18(16)22(19)30-23(21)25-20(26)14-15-29-17-9-4-3-5-10-17/h3-11H,2,12-15H2,1H3,(H,25,26). The first-order chi connectivity index (χ1) is 14.7. The molecule has 4 rings (SSSR count). The van der Waals surface area contributed by atoms with Crippen molar-refractivity contribution < 1.29 is 14.3 Å². The van der Waals surface area contributed by atoms with Gasteiger partial charge in [0.25, 0.3) is 0 Å². The Morgan fingerprint density at radius 2 is 1.83 bits per heavy atom. The number of rotatable bonds is 7. The fraction of sp³-hybridized carbons (Fsp3) is 0.250. The van der Waals surface area contributed by atoms with Crippen molar-refractivity contribution in [2.45, 2.75) is 31.1 Å². The molecular weight excluding hydrogens is 414 g/mol. The molecule has 6 heteroatoms. The number of amides is 1. The van der Waals surface area contributed by atoms with Crippen molar-refractivity contribution in [3.63, 3.8) is 0 Å². The second kappa shape index (κ2) is 9.49. The van der Waals surface area contributed by atoms with Gasteiger partial charge < -0.3 is 10.1 Å². The second-order valence-corrected chi connectivity index (χ2v) is 9.14. The Balaban J connectivity index is 1.54. The van der Waals surface area contributed by atoms with E-state index in [1.54, 1.807) is 18.7 Å². The lowest BCUT2D eigenvalue weighted by Crippen LogP contribution is -2.16. The lowest BCUT2D eigenvalue weighted by atomic mass is 9.89. The van der Waals surface area contributed by atoms with Crippen molar-refractivity contribution in [3.8, 4) is 10.4 Å². The first-order valence-electron chi connectivity index (χ1n) is 10.1. The van der Waals surface area contributed by atoms with Gasteiger partial charge in [0.15, 0.2) is 0 Å². The van der Waals surface area contributed by atoms with Gasteiger partial charge in [-0.15, -0.1) is 23.1 Å². The van der Waals surface area contributed by atoms with Crippen LogP contribution in [0.5, 0.6) is 0 Å². The highest BCUT2D eigenvalue weighted by Crippen LogP contribution is 2.45. The van der Waals surface area contributed by atoms with Crippen LogP contribution in [-0.4, -0.2) is 24.2 Å². The summed E-state index contributed by atoms with van der Waals surface area (Å²) in [5.74, 6) is 0.234. The lowest BCUT2D eigenvalue weighted by molar-refractivity contribution is -0.115. The number of ether oxygens (including phenoxy) is 1. The zero-order valence-electron chi connectivity index (χ0n) is 16.8. The normalized spacial score (nSPS) is 12.0. The van der Waals surface area contributed by atoms with Crippen LogP contribution in [0.2, 0.25) is 0 Å². The van der Waals surface area contributed by atoms with Crippen molar-refractivity contribution >= 4 is 40.0 Å². The van der Waals surface area contributed by atoms with Crippen LogP contribution < -0.4 is 5.32 Å². The molecular formula is C24H23NO3S2. The molecule has 0 radical (unpaired) electrons. The second-order valence-electron chi connectivity index (χ2n) is 6.95. The zero-order valence-corrected chi connectivity index (χ0v) is 18.4. The highest BCUT2D eigenvalue weighted by molar-refractivity contribution is 7.99. The number of aryl methyl sites for hydroxylation is 1. The Kier molecular flexibility index (Phi) is 6.55. The maximum atomic E-state index is 12.7. The lowest BCUT2D eigenvalue weighted by Gasteiger charge is -2.16. The van der Waals surface area contributed by atoms with E-state index >= 15 is 0 Å². The smallest absolute Gasteiger partial charge is 0.341 e. The number of nitrogens with one attached hydrogen (secondary N) is 1. The Morgan fingerprint density at radius 3 is 2.63 bits per heavy atom. The minimum Gasteiger partial charge on any atom is -0.462 e. The molecule has 30 heavy (non-hydrogen) atoms. The molecule has 0 saturated carbocycles. The molecule has 0 spiro atoms. The average Bonchev–Trinajstić information content (AvgIpc) is 3.13. The molecule has 0 atom stereocenters. The van der Waals surface area contributed by atoms with Crippen LogP contribution in [0.25, 0.3) is 10.4 Å². The van der Waals surface area contributed by atoms with E-state index in [-0.39, 0.29) is 11.9 Å². The molecule has 1 aromatic heterocycles. The third kappa shape index (κ3) is 4.45. The summed E-state index contributed by atoms with van der Waals surface area (Å²) < 4.78 is 5.31. The van der Waals surface area contributed by atoms with E-state index in [0.717, 1.165) is 33.7 Å². The summed E-state index contributed by atoms with van der Waals surface area (Å²) >= 11 is 3.12. The summed E-state index contributed by atoms with van der Waals surface area (Å²) in [6.45, 7) is 2.10. The first-order valence-corrected chi connectivity index (χ1v) is 11.9. The number of hydrogen-bond acceptors (Lipinski definition) is 5. The van der Waals surface area contributed by atoms with Crippen LogP contribution >= 0.6 is 23.1 Å². The van der Waals surface area contributed by atoms with Gasteiger partial charge in [0.05, 0.1) is 12.2 Å². The van der Waals surface area contributed by atoms with E-state index in [1.807, 2.05) is 42.5 Å². The summed E-state index contributed by atoms with van der Waals surface area (Å²) in [5.41, 5.74) is 3.94. The number of thioether (sulfide) groups is 1. The van der Waals surface area contributed by atoms with Gasteiger partial charge >= 0.3 is 5.97 Å². The number of carbonyl (C=O) groups is 2. The minimum absolute atomic E-state index is 0.0872. The Labute approximate surface area is 184 Å². The van der Waals surface area contributed by atoms with Crippen molar-refractivity contribution in [3.05, 3.63) is 71.3 Å². The predicted octanol–water partition coefficient (Wildman–Crippen LogP) is 5.81. The Bertz CT molecular complexity index is 1060. The number of thiophene rings is 1. The number of carbonyl (C=O) groups excluding carboxylic acids is 2. The van der Waals surface area contributed by atoms with Crippen molar-refractivity contribution in [1.82, 2.24) is 0 Å². The van der Waals surface area contributed by atoms with E-state index in [4.69, 9.17) is 4.74 Å². The first kappa shape index (κ1) is 20.7. The average molecular weight is 438 g/mol. The number of fused-ring (bicyclic) bond motifs is 3. The molecule has 0 aliphatic heterocycles. The van der Waals surface area contributed by atoms with E-state index in [9.17, 15) is 9.59 Å². The van der Waals surface area contributed by atoms with Gasteiger partial charge in [0.2, 0.25) is 5.91 Å². The van der Waals surface area contributed by atoms with Gasteiger partial charge in [-0.2, -0.15) is 0 Å². The van der Waals surface area contributed by atoms with E-state index < -0.39 is 0 Å². The van der Waals surface area contributed by atoms with Crippen LogP contribution in [0.1, 0.15) is 34.8 Å². The Morgan fingerprint density at radius 1 is 1.07 bits per heavy atom. The molecule has 4 nitrogen and oxygen atoms in total. The number of esters is 1. The zero-order chi connectivity index (χ0) is 20.9. The van der Waals surface area contributed by atoms with Crippen LogP contribution in [0.4, 0.5) is 5.00 Å². The summed E-state index contributed by atoms with van der Waals surface area (Å²) in [6, 6.07) is 18.3. The largest absolute Gasteiger partial charge is 0.462 e. The van der Waals surface area contributed by atoms with E-state index in [1.165, 1.54) is 16.9 Å². The topological polar surface area (TPSA) is 55.4 Å². The van der Waals surface area contributed by atoms with Crippen LogP contribution in [0, 0.1) is 0 Å². The van der Waals surface area contributed by atoms with Crippen molar-refractivity contribution in [2.75, 3.05) is 17.7 Å². The summed E-state index contributed by atoms with van der Waals surface area (Å²) in [5, 5.41) is 3.59. The molecule has 2 aromatic carbocycles. The highest BCUT2D eigenvalue weighted by Gasteiger charge is 2.29. The highest BCUT2D eigenvalue weighted by atomic mass is 32.2. The molecule has 0 saturated heterocycles. The maximum absolute atomic E-state index is 12.7. The third-order valence-corrected chi connectivity index (χ3v) is 7.18. The number of benzene rings is 2. The quantitative estimate of drug-likeness (QED) is 0.374. The summed E-state index contributed by atoms with van der Waals surface area (Å²) in [4.78, 5) is 27.5.